The molecule has 2 N–H and O–H groups in total. The van der Waals surface area contributed by atoms with Crippen LogP contribution in [0.4, 0.5) is 10.1 Å². The molecule has 8 heteroatoms. The number of halogens is 1. The van der Waals surface area contributed by atoms with Gasteiger partial charge >= 0.3 is 10.2 Å². The van der Waals surface area contributed by atoms with Gasteiger partial charge in [0.1, 0.15) is 12.4 Å². The Morgan fingerprint density at radius 3 is 2.17 bits per heavy atom. The number of rotatable bonds is 5. The van der Waals surface area contributed by atoms with Crippen LogP contribution in [-0.2, 0) is 15.0 Å². The summed E-state index contributed by atoms with van der Waals surface area (Å²) >= 11 is 0. The van der Waals surface area contributed by atoms with Gasteiger partial charge in [0.15, 0.2) is 0 Å². The molecule has 0 aliphatic carbocycles. The first-order chi connectivity index (χ1) is 8.25. The van der Waals surface area contributed by atoms with Crippen LogP contribution < -0.4 is 10.0 Å². The van der Waals surface area contributed by atoms with Crippen molar-refractivity contribution in [1.82, 2.24) is 4.31 Å². The van der Waals surface area contributed by atoms with Gasteiger partial charge in [-0.3, -0.25) is 4.79 Å². The van der Waals surface area contributed by atoms with E-state index in [1.165, 1.54) is 26.2 Å². The van der Waals surface area contributed by atoms with E-state index in [1.54, 1.807) is 0 Å². The summed E-state index contributed by atoms with van der Waals surface area (Å²) in [5, 5.41) is 0. The molecule has 1 aromatic rings. The molecule has 100 valence electrons. The number of hydrogen-bond acceptors (Lipinski definition) is 3. The highest BCUT2D eigenvalue weighted by Gasteiger charge is 2.26. The molecule has 0 saturated carbocycles. The van der Waals surface area contributed by atoms with E-state index >= 15 is 0 Å². The molecule has 0 aromatic heterocycles. The third kappa shape index (κ3) is 3.17. The zero-order valence-electron chi connectivity index (χ0n) is 10.00. The van der Waals surface area contributed by atoms with Crippen molar-refractivity contribution in [2.45, 2.75) is 0 Å². The fraction of sp³-hybridized carbons (Fsp3) is 0.300. The van der Waals surface area contributed by atoms with E-state index in [2.05, 4.69) is 0 Å². The summed E-state index contributed by atoms with van der Waals surface area (Å²) in [7, 11) is -1.20. The van der Waals surface area contributed by atoms with E-state index in [0.29, 0.717) is 0 Å². The standard InChI is InChI=1S/C10H14FN3O3S/c1-13(2)18(16,17)14(7-10(12)15)9-5-3-8(11)4-6-9/h3-6H,7H2,1-2H3,(H2,12,15). The van der Waals surface area contributed by atoms with Crippen molar-refractivity contribution in [3.05, 3.63) is 30.1 Å². The molecule has 18 heavy (non-hydrogen) atoms. The first-order valence-corrected chi connectivity index (χ1v) is 6.39. The minimum absolute atomic E-state index is 0.170. The number of carbonyl (C=O) groups excluding carboxylic acids is 1. The number of nitrogens with two attached hydrogens (primary N) is 1. The van der Waals surface area contributed by atoms with E-state index in [-0.39, 0.29) is 5.69 Å². The molecule has 0 aliphatic rings. The van der Waals surface area contributed by atoms with Crippen molar-refractivity contribution in [2.75, 3.05) is 24.9 Å². The number of hydrogen-bond donors (Lipinski definition) is 1. The van der Waals surface area contributed by atoms with Crippen LogP contribution in [0.3, 0.4) is 0 Å². The second kappa shape index (κ2) is 5.32. The third-order valence-corrected chi connectivity index (χ3v) is 3.97. The van der Waals surface area contributed by atoms with Crippen LogP contribution in [0, 0.1) is 5.82 Å². The second-order valence-electron chi connectivity index (χ2n) is 3.74. The maximum atomic E-state index is 12.8. The maximum absolute atomic E-state index is 12.8. The summed E-state index contributed by atoms with van der Waals surface area (Å²) in [6, 6.07) is 4.74. The van der Waals surface area contributed by atoms with Crippen molar-refractivity contribution < 1.29 is 17.6 Å². The molecule has 0 unspecified atom stereocenters. The molecule has 0 saturated heterocycles. The van der Waals surface area contributed by atoms with Crippen LogP contribution in [-0.4, -0.2) is 39.3 Å². The molecule has 1 rings (SSSR count). The van der Waals surface area contributed by atoms with E-state index in [4.69, 9.17) is 5.73 Å². The molecule has 0 radical (unpaired) electrons. The monoisotopic (exact) mass is 275 g/mol. The lowest BCUT2D eigenvalue weighted by Crippen LogP contribution is -2.44. The maximum Gasteiger partial charge on any atom is 0.304 e. The summed E-state index contributed by atoms with van der Waals surface area (Å²) in [6.45, 7) is -0.508. The molecule has 0 spiro atoms. The van der Waals surface area contributed by atoms with Gasteiger partial charge in [-0.05, 0) is 24.3 Å². The molecule has 0 aliphatic heterocycles. The van der Waals surface area contributed by atoms with E-state index in [1.807, 2.05) is 0 Å². The van der Waals surface area contributed by atoms with Crippen LogP contribution in [0.25, 0.3) is 0 Å². The summed E-state index contributed by atoms with van der Waals surface area (Å²) in [5.41, 5.74) is 5.19. The number of nitrogens with zero attached hydrogens (tertiary/aromatic N) is 2. The predicted molar refractivity (Wildman–Crippen MR) is 65.5 cm³/mol. The van der Waals surface area contributed by atoms with Gasteiger partial charge in [-0.25, -0.2) is 8.70 Å². The van der Waals surface area contributed by atoms with Crippen LogP contribution in [0.2, 0.25) is 0 Å². The van der Waals surface area contributed by atoms with Gasteiger partial charge in [0.05, 0.1) is 5.69 Å². The SMILES string of the molecule is CN(C)S(=O)(=O)N(CC(N)=O)c1ccc(F)cc1. The largest absolute Gasteiger partial charge is 0.368 e. The number of carbonyl (C=O) groups is 1. The van der Waals surface area contributed by atoms with Gasteiger partial charge in [-0.1, -0.05) is 0 Å². The second-order valence-corrected chi connectivity index (χ2v) is 5.81. The van der Waals surface area contributed by atoms with Gasteiger partial charge in [0, 0.05) is 14.1 Å². The van der Waals surface area contributed by atoms with Gasteiger partial charge in [-0.2, -0.15) is 12.7 Å². The van der Waals surface area contributed by atoms with E-state index in [9.17, 15) is 17.6 Å². The predicted octanol–water partition coefficient (Wildman–Crippen LogP) is -0.0762. The average Bonchev–Trinajstić information content (AvgIpc) is 2.26. The Labute approximate surface area is 105 Å². The smallest absolute Gasteiger partial charge is 0.304 e. The number of amides is 1. The van der Waals surface area contributed by atoms with Gasteiger partial charge in [0.25, 0.3) is 0 Å². The van der Waals surface area contributed by atoms with Crippen molar-refractivity contribution in [3.8, 4) is 0 Å². The minimum Gasteiger partial charge on any atom is -0.368 e. The summed E-state index contributed by atoms with van der Waals surface area (Å²) in [4.78, 5) is 10.9. The Balaban J connectivity index is 3.22. The first kappa shape index (κ1) is 14.4. The number of anilines is 1. The normalized spacial score (nSPS) is 11.6. The molecule has 1 aromatic carbocycles. The minimum atomic E-state index is -3.86. The Kier molecular flexibility index (Phi) is 4.25. The number of benzene rings is 1. The molecule has 0 bridgehead atoms. The first-order valence-electron chi connectivity index (χ1n) is 4.99. The van der Waals surface area contributed by atoms with Crippen LogP contribution in [0.15, 0.2) is 24.3 Å². The Morgan fingerprint density at radius 2 is 1.78 bits per heavy atom. The highest BCUT2D eigenvalue weighted by molar-refractivity contribution is 7.90. The molecule has 1 amide bonds. The summed E-state index contributed by atoms with van der Waals surface area (Å²) in [5.74, 6) is -1.30. The lowest BCUT2D eigenvalue weighted by Gasteiger charge is -2.26. The Bertz CT molecular complexity index is 528. The topological polar surface area (TPSA) is 83.7 Å². The van der Waals surface area contributed by atoms with E-state index < -0.39 is 28.5 Å². The van der Waals surface area contributed by atoms with Crippen LogP contribution in [0.5, 0.6) is 0 Å². The average molecular weight is 275 g/mol. The molecule has 0 atom stereocenters. The third-order valence-electron chi connectivity index (χ3n) is 2.15. The molecule has 0 heterocycles. The van der Waals surface area contributed by atoms with Gasteiger partial charge in [-0.15, -0.1) is 0 Å². The Hall–Kier alpha value is -1.67. The highest BCUT2D eigenvalue weighted by Crippen LogP contribution is 2.19. The molecular weight excluding hydrogens is 261 g/mol. The van der Waals surface area contributed by atoms with Crippen molar-refractivity contribution in [1.29, 1.82) is 0 Å². The molecular formula is C10H14FN3O3S. The Morgan fingerprint density at radius 1 is 1.28 bits per heavy atom. The highest BCUT2D eigenvalue weighted by atomic mass is 32.2. The van der Waals surface area contributed by atoms with Crippen molar-refractivity contribution in [3.63, 3.8) is 0 Å². The molecule has 6 nitrogen and oxygen atoms in total. The fourth-order valence-electron chi connectivity index (χ4n) is 1.25. The zero-order valence-corrected chi connectivity index (χ0v) is 10.8. The summed E-state index contributed by atoms with van der Waals surface area (Å²) in [6.07, 6.45) is 0. The van der Waals surface area contributed by atoms with Crippen molar-refractivity contribution >= 4 is 21.8 Å². The quantitative estimate of drug-likeness (QED) is 0.816. The lowest BCUT2D eigenvalue weighted by atomic mass is 10.3. The van der Waals surface area contributed by atoms with E-state index in [0.717, 1.165) is 20.7 Å². The van der Waals surface area contributed by atoms with Crippen LogP contribution in [0.1, 0.15) is 0 Å². The summed E-state index contributed by atoms with van der Waals surface area (Å²) < 4.78 is 38.6. The van der Waals surface area contributed by atoms with Crippen molar-refractivity contribution in [2.24, 2.45) is 5.73 Å². The fourth-order valence-corrected chi connectivity index (χ4v) is 2.32. The van der Waals surface area contributed by atoms with Gasteiger partial charge in [0.2, 0.25) is 5.91 Å². The zero-order chi connectivity index (χ0) is 13.9. The number of primary amides is 1. The van der Waals surface area contributed by atoms with Gasteiger partial charge < -0.3 is 5.73 Å². The lowest BCUT2D eigenvalue weighted by molar-refractivity contribution is -0.116. The van der Waals surface area contributed by atoms with Crippen LogP contribution >= 0.6 is 0 Å². The molecule has 0 fully saturated rings.